The Labute approximate surface area is 220 Å². The van der Waals surface area contributed by atoms with Crippen molar-refractivity contribution in [3.05, 3.63) is 0 Å². The van der Waals surface area contributed by atoms with Gasteiger partial charge >= 0.3 is 6.09 Å². The molecule has 7 N–H and O–H groups in total. The fourth-order valence-corrected chi connectivity index (χ4v) is 6.15. The van der Waals surface area contributed by atoms with Gasteiger partial charge < -0.3 is 50.4 Å². The number of alkyl carbamates (subject to hydrolysis) is 1. The molecule has 0 bridgehead atoms. The number of hydrogen-bond donors (Lipinski definition) is 6. The van der Waals surface area contributed by atoms with Crippen LogP contribution in [0.2, 0.25) is 0 Å². The predicted octanol–water partition coefficient (Wildman–Crippen LogP) is 0.499. The fourth-order valence-electron chi connectivity index (χ4n) is 6.15. The van der Waals surface area contributed by atoms with Crippen LogP contribution in [0.25, 0.3) is 0 Å². The summed E-state index contributed by atoms with van der Waals surface area (Å²) in [5, 5.41) is 45.6. The lowest BCUT2D eigenvalue weighted by Crippen LogP contribution is -2.66. The summed E-state index contributed by atoms with van der Waals surface area (Å²) in [6.07, 6.45) is -5.36. The Kier molecular flexibility index (Phi) is 10.2. The molecule has 1 aliphatic carbocycles. The molecule has 11 heteroatoms. The second kappa shape index (κ2) is 12.4. The number of aliphatic hydroxyl groups is 4. The van der Waals surface area contributed by atoms with Crippen molar-refractivity contribution in [1.29, 1.82) is 0 Å². The van der Waals surface area contributed by atoms with Crippen LogP contribution in [0.4, 0.5) is 4.79 Å². The number of ether oxygens (including phenoxy) is 4. The summed E-state index contributed by atoms with van der Waals surface area (Å²) in [6, 6.07) is -1.22. The first-order chi connectivity index (χ1) is 17.3. The molecule has 1 saturated carbocycles. The highest BCUT2D eigenvalue weighted by Gasteiger charge is 2.52. The van der Waals surface area contributed by atoms with E-state index in [1.807, 2.05) is 6.92 Å². The molecule has 13 unspecified atom stereocenters. The molecule has 3 aliphatic rings. The van der Waals surface area contributed by atoms with Crippen LogP contribution in [0, 0.1) is 23.7 Å². The lowest BCUT2D eigenvalue weighted by Gasteiger charge is -2.51. The number of carbonyl (C=O) groups is 1. The molecule has 13 atom stereocenters. The molecule has 3 rings (SSSR count). The molecule has 37 heavy (non-hydrogen) atoms. The predicted molar refractivity (Wildman–Crippen MR) is 134 cm³/mol. The first-order valence-electron chi connectivity index (χ1n) is 13.6. The topological polar surface area (TPSA) is 173 Å². The van der Waals surface area contributed by atoms with Crippen LogP contribution >= 0.6 is 0 Å². The van der Waals surface area contributed by atoms with Crippen LogP contribution in [0.5, 0.6) is 0 Å². The van der Waals surface area contributed by atoms with Gasteiger partial charge in [0.25, 0.3) is 0 Å². The van der Waals surface area contributed by atoms with Crippen molar-refractivity contribution in [1.82, 2.24) is 5.32 Å². The molecule has 216 valence electrons. The summed E-state index contributed by atoms with van der Waals surface area (Å²) < 4.78 is 23.5. The lowest BCUT2D eigenvalue weighted by molar-refractivity contribution is -0.313. The maximum atomic E-state index is 12.4. The zero-order chi connectivity index (χ0) is 27.7. The molecule has 0 aromatic rings. The summed E-state index contributed by atoms with van der Waals surface area (Å²) >= 11 is 0. The van der Waals surface area contributed by atoms with E-state index < -0.39 is 61.2 Å². The first-order valence-corrected chi connectivity index (χ1v) is 13.6. The number of aliphatic hydroxyl groups excluding tert-OH is 4. The average molecular weight is 533 g/mol. The van der Waals surface area contributed by atoms with Crippen molar-refractivity contribution in [2.75, 3.05) is 13.2 Å². The van der Waals surface area contributed by atoms with E-state index in [1.165, 1.54) is 0 Å². The van der Waals surface area contributed by atoms with E-state index >= 15 is 0 Å². The van der Waals surface area contributed by atoms with Crippen molar-refractivity contribution in [2.24, 2.45) is 29.4 Å². The normalized spacial score (nSPS) is 45.3. The summed E-state index contributed by atoms with van der Waals surface area (Å²) in [5.74, 6) is 0.130. The van der Waals surface area contributed by atoms with Crippen molar-refractivity contribution in [3.63, 3.8) is 0 Å². The molecular formula is C26H48N2O9. The summed E-state index contributed by atoms with van der Waals surface area (Å²) in [4.78, 5) is 12.4. The van der Waals surface area contributed by atoms with Gasteiger partial charge in [-0.15, -0.1) is 0 Å². The highest BCUT2D eigenvalue weighted by Crippen LogP contribution is 2.43. The molecule has 3 fully saturated rings. The van der Waals surface area contributed by atoms with Gasteiger partial charge in [0.1, 0.15) is 23.9 Å². The molecule has 2 saturated heterocycles. The molecule has 2 aliphatic heterocycles. The van der Waals surface area contributed by atoms with Crippen molar-refractivity contribution in [3.8, 4) is 0 Å². The Morgan fingerprint density at radius 2 is 1.68 bits per heavy atom. The third-order valence-electron chi connectivity index (χ3n) is 8.05. The molecule has 0 aromatic heterocycles. The van der Waals surface area contributed by atoms with Gasteiger partial charge in [-0.2, -0.15) is 0 Å². The van der Waals surface area contributed by atoms with Gasteiger partial charge in [0.15, 0.2) is 6.29 Å². The number of carbonyl (C=O) groups excluding carboxylic acids is 1. The molecular weight excluding hydrogens is 484 g/mol. The van der Waals surface area contributed by atoms with Gasteiger partial charge in [-0.25, -0.2) is 4.79 Å². The molecule has 0 aromatic carbocycles. The third kappa shape index (κ3) is 7.13. The van der Waals surface area contributed by atoms with Gasteiger partial charge in [-0.05, 0) is 57.8 Å². The van der Waals surface area contributed by atoms with Gasteiger partial charge in [-0.3, -0.25) is 0 Å². The summed E-state index contributed by atoms with van der Waals surface area (Å²) in [6.45, 7) is 11.2. The van der Waals surface area contributed by atoms with E-state index in [9.17, 15) is 25.2 Å². The molecule has 0 radical (unpaired) electrons. The van der Waals surface area contributed by atoms with E-state index in [0.29, 0.717) is 6.54 Å². The Balaban J connectivity index is 1.77. The Bertz CT molecular complexity index is 750. The zero-order valence-corrected chi connectivity index (χ0v) is 22.9. The largest absolute Gasteiger partial charge is 0.444 e. The van der Waals surface area contributed by atoms with E-state index in [-0.39, 0.29) is 35.9 Å². The molecule has 2 heterocycles. The number of rotatable bonds is 6. The molecule has 11 nitrogen and oxygen atoms in total. The number of amides is 1. The van der Waals surface area contributed by atoms with Crippen LogP contribution in [-0.2, 0) is 18.9 Å². The standard InChI is InChI=1S/C26H48N2O9/c1-12-7-8-15(10-27)34-22(12)17-13(2)9-14(3)23(20(17)31)36-24-21(32)18(19(30)16(11-29)35-24)28-25(33)37-26(4,5)6/h12-24,29-32H,7-11,27H2,1-6H3,(H,28,33). The highest BCUT2D eigenvalue weighted by atomic mass is 16.7. The van der Waals surface area contributed by atoms with Crippen LogP contribution in [-0.4, -0.2) is 100 Å². The quantitative estimate of drug-likeness (QED) is 0.283. The highest BCUT2D eigenvalue weighted by molar-refractivity contribution is 5.68. The summed E-state index contributed by atoms with van der Waals surface area (Å²) in [7, 11) is 0. The van der Waals surface area contributed by atoms with Crippen LogP contribution in [0.3, 0.4) is 0 Å². The van der Waals surface area contributed by atoms with E-state index in [4.69, 9.17) is 24.7 Å². The van der Waals surface area contributed by atoms with Crippen molar-refractivity contribution in [2.45, 2.75) is 121 Å². The minimum absolute atomic E-state index is 0.0469. The smallest absolute Gasteiger partial charge is 0.408 e. The third-order valence-corrected chi connectivity index (χ3v) is 8.05. The maximum absolute atomic E-state index is 12.4. The Hall–Kier alpha value is -1.05. The monoisotopic (exact) mass is 532 g/mol. The van der Waals surface area contributed by atoms with Gasteiger partial charge in [-0.1, -0.05) is 20.8 Å². The van der Waals surface area contributed by atoms with Crippen LogP contribution < -0.4 is 11.1 Å². The Morgan fingerprint density at radius 1 is 1.00 bits per heavy atom. The maximum Gasteiger partial charge on any atom is 0.408 e. The SMILES string of the molecule is CC1CC(C)C(C2OC(CN)CCC2C)C(O)C1OC1OC(CO)C(O)C(NC(=O)OC(C)(C)C)C1O. The van der Waals surface area contributed by atoms with Gasteiger partial charge in [0, 0.05) is 12.5 Å². The number of hydrogen-bond acceptors (Lipinski definition) is 10. The number of nitrogens with two attached hydrogens (primary N) is 1. The summed E-state index contributed by atoms with van der Waals surface area (Å²) in [5.41, 5.74) is 5.09. The first kappa shape index (κ1) is 30.5. The minimum atomic E-state index is -1.48. The second-order valence-corrected chi connectivity index (χ2v) is 12.3. The van der Waals surface area contributed by atoms with Crippen LogP contribution in [0.1, 0.15) is 60.8 Å². The van der Waals surface area contributed by atoms with E-state index in [1.54, 1.807) is 20.8 Å². The Morgan fingerprint density at radius 3 is 2.27 bits per heavy atom. The van der Waals surface area contributed by atoms with E-state index in [2.05, 4.69) is 19.2 Å². The lowest BCUT2D eigenvalue weighted by atomic mass is 9.66. The molecule has 1 amide bonds. The van der Waals surface area contributed by atoms with Gasteiger partial charge in [0.05, 0.1) is 37.1 Å². The number of nitrogens with one attached hydrogen (secondary N) is 1. The van der Waals surface area contributed by atoms with Gasteiger partial charge in [0.2, 0.25) is 0 Å². The molecule has 0 spiro atoms. The van der Waals surface area contributed by atoms with E-state index in [0.717, 1.165) is 19.3 Å². The fraction of sp³-hybridized carbons (Fsp3) is 0.962. The minimum Gasteiger partial charge on any atom is -0.444 e. The zero-order valence-electron chi connectivity index (χ0n) is 22.9. The van der Waals surface area contributed by atoms with Crippen molar-refractivity contribution < 1.29 is 44.2 Å². The van der Waals surface area contributed by atoms with Crippen LogP contribution in [0.15, 0.2) is 0 Å². The average Bonchev–Trinajstić information content (AvgIpc) is 2.80. The second-order valence-electron chi connectivity index (χ2n) is 12.3. The van der Waals surface area contributed by atoms with Crippen molar-refractivity contribution >= 4 is 6.09 Å².